The molecule has 45 heavy (non-hydrogen) atoms. The van der Waals surface area contributed by atoms with E-state index in [1.165, 1.54) is 33.4 Å². The van der Waals surface area contributed by atoms with Gasteiger partial charge in [-0.15, -0.1) is 0 Å². The van der Waals surface area contributed by atoms with Crippen molar-refractivity contribution >= 4 is 11.6 Å². The maximum atomic E-state index is 14.4. The summed E-state index contributed by atoms with van der Waals surface area (Å²) in [5.74, 6) is -0.674. The summed E-state index contributed by atoms with van der Waals surface area (Å²) in [5, 5.41) is 11.4. The average molecular weight is 698 g/mol. The summed E-state index contributed by atoms with van der Waals surface area (Å²) in [6.07, 6.45) is 23.8. The van der Waals surface area contributed by atoms with Crippen LogP contribution in [0.5, 0.6) is 0 Å². The maximum absolute atomic E-state index is 14.4. The van der Waals surface area contributed by atoms with E-state index in [9.17, 15) is 14.7 Å². The van der Waals surface area contributed by atoms with Crippen LogP contribution in [0.2, 0.25) is 0 Å². The minimum atomic E-state index is -1.04. The predicted molar refractivity (Wildman–Crippen MR) is 189 cm³/mol. The number of carbonyl (C=O) groups is 2. The quantitative estimate of drug-likeness (QED) is 0.0671. The molecule has 0 aromatic heterocycles. The van der Waals surface area contributed by atoms with Gasteiger partial charge in [-0.05, 0) is 137 Å². The molecule has 0 radical (unpaired) electrons. The van der Waals surface area contributed by atoms with E-state index in [4.69, 9.17) is 0 Å². The van der Waals surface area contributed by atoms with Crippen molar-refractivity contribution in [3.05, 3.63) is 92.9 Å². The Hall–Kier alpha value is -2.25. The van der Waals surface area contributed by atoms with Gasteiger partial charge in [-0.25, -0.2) is 0 Å². The van der Waals surface area contributed by atoms with Gasteiger partial charge in [0.25, 0.3) is 0 Å². The van der Waals surface area contributed by atoms with Gasteiger partial charge in [0.15, 0.2) is 5.78 Å². The van der Waals surface area contributed by atoms with Crippen LogP contribution in [-0.4, -0.2) is 16.7 Å². The van der Waals surface area contributed by atoms with Crippen molar-refractivity contribution in [2.45, 2.75) is 140 Å². The zero-order valence-electron chi connectivity index (χ0n) is 30.3. The van der Waals surface area contributed by atoms with Crippen LogP contribution in [-0.2, 0) is 30.7 Å². The first kappa shape index (κ1) is 42.7. The van der Waals surface area contributed by atoms with Crippen LogP contribution in [0, 0.1) is 17.4 Å². The molecule has 4 heteroatoms. The molecule has 0 unspecified atom stereocenters. The van der Waals surface area contributed by atoms with Crippen LogP contribution < -0.4 is 0 Å². The van der Waals surface area contributed by atoms with Crippen LogP contribution in [0.4, 0.5) is 0 Å². The topological polar surface area (TPSA) is 54.4 Å². The molecule has 1 aliphatic rings. The minimum absolute atomic E-state index is 0. The molecule has 1 rings (SSSR count). The van der Waals surface area contributed by atoms with Crippen LogP contribution in [0.25, 0.3) is 0 Å². The first-order chi connectivity index (χ1) is 20.6. The van der Waals surface area contributed by atoms with E-state index in [2.05, 4.69) is 105 Å². The molecule has 1 aliphatic carbocycles. The Morgan fingerprint density at radius 3 is 1.49 bits per heavy atom. The number of Topliss-reactive ketones (excluding diaryl/α,β-unsaturated/α-hetero) is 2. The molecular formula is C41H61MoO3-. The standard InChI is InChI=1S/C41H61O3.Mo/c1-29(2)15-12-18-33(9)21-22-36-28-41(25-23-34(10)19-13-16-30(3)4,26-24-35(11)20-14-17-31(5)6)40(44)38(39(36)43)37(42)27-32(7)8;/h15-17,21,23-24,32,43H,12-14,18-20,22,25-27H2,1-11H3;/q-1;/b33-21+,34-23+,35-24+;. The van der Waals surface area contributed by atoms with Gasteiger partial charge in [-0.2, -0.15) is 5.57 Å². The van der Waals surface area contributed by atoms with Gasteiger partial charge >= 0.3 is 0 Å². The second-order valence-electron chi connectivity index (χ2n) is 14.0. The summed E-state index contributed by atoms with van der Waals surface area (Å²) >= 11 is 0. The van der Waals surface area contributed by atoms with E-state index in [1.807, 2.05) is 13.8 Å². The predicted octanol–water partition coefficient (Wildman–Crippen LogP) is 12.0. The molecule has 0 spiro atoms. The number of aliphatic hydroxyl groups excluding tert-OH is 1. The van der Waals surface area contributed by atoms with Gasteiger partial charge in [0.05, 0.1) is 0 Å². The zero-order chi connectivity index (χ0) is 33.4. The zero-order valence-corrected chi connectivity index (χ0v) is 32.3. The number of allylic oxidation sites excluding steroid dienone is 15. The van der Waals surface area contributed by atoms with E-state index >= 15 is 0 Å². The fourth-order valence-electron chi connectivity index (χ4n) is 5.20. The molecule has 0 atom stereocenters. The van der Waals surface area contributed by atoms with Crippen LogP contribution >= 0.6 is 0 Å². The van der Waals surface area contributed by atoms with Gasteiger partial charge in [-0.3, -0.25) is 15.7 Å². The molecule has 0 saturated carbocycles. The molecule has 0 amide bonds. The van der Waals surface area contributed by atoms with E-state index in [-0.39, 0.29) is 56.3 Å². The normalized spacial score (nSPS) is 15.4. The third-order valence-electron chi connectivity index (χ3n) is 7.97. The van der Waals surface area contributed by atoms with Gasteiger partial charge in [-0.1, -0.05) is 83.7 Å². The molecule has 0 fully saturated rings. The van der Waals surface area contributed by atoms with Crippen LogP contribution in [0.15, 0.2) is 86.8 Å². The first-order valence-electron chi connectivity index (χ1n) is 16.6. The third kappa shape index (κ3) is 16.2. The minimum Gasteiger partial charge on any atom is -0.591 e. The molecule has 1 N–H and O–H groups in total. The molecule has 0 aromatic carbocycles. The molecular weight excluding hydrogens is 636 g/mol. The number of rotatable bonds is 18. The molecule has 0 aromatic rings. The van der Waals surface area contributed by atoms with Crippen molar-refractivity contribution < 1.29 is 35.8 Å². The Balaban J connectivity index is 0.0000194. The Kier molecular flexibility index (Phi) is 20.4. The molecule has 0 aliphatic heterocycles. The smallest absolute Gasteiger partial charge is 0.152 e. The van der Waals surface area contributed by atoms with Gasteiger partial charge < -0.3 is 5.11 Å². The second kappa shape index (κ2) is 21.5. The summed E-state index contributed by atoms with van der Waals surface area (Å²) < 4.78 is 0. The van der Waals surface area contributed by atoms with E-state index in [0.717, 1.165) is 38.5 Å². The third-order valence-corrected chi connectivity index (χ3v) is 7.97. The summed E-state index contributed by atoms with van der Waals surface area (Å²) in [6.45, 7) is 22.9. The Labute approximate surface area is 290 Å². The van der Waals surface area contributed by atoms with Crippen molar-refractivity contribution in [3.8, 4) is 0 Å². The number of hydrogen-bond donors (Lipinski definition) is 1. The van der Waals surface area contributed by atoms with Crippen molar-refractivity contribution in [2.75, 3.05) is 0 Å². The average Bonchev–Trinajstić information content (AvgIpc) is 2.90. The van der Waals surface area contributed by atoms with E-state index in [1.54, 1.807) is 0 Å². The molecule has 0 bridgehead atoms. The molecule has 250 valence electrons. The molecule has 3 nitrogen and oxygen atoms in total. The van der Waals surface area contributed by atoms with Gasteiger partial charge in [0, 0.05) is 33.1 Å². The number of hydrogen-bond acceptors (Lipinski definition) is 3. The van der Waals surface area contributed by atoms with Crippen LogP contribution in [0.1, 0.15) is 140 Å². The maximum Gasteiger partial charge on any atom is 0.152 e. The Bertz CT molecular complexity index is 1210. The summed E-state index contributed by atoms with van der Waals surface area (Å²) in [7, 11) is 0. The molecule has 0 saturated heterocycles. The summed E-state index contributed by atoms with van der Waals surface area (Å²) in [4.78, 5) is 27.9. The fourth-order valence-corrected chi connectivity index (χ4v) is 5.20. The van der Waals surface area contributed by atoms with E-state index < -0.39 is 5.41 Å². The number of carbonyl (C=O) groups excluding carboxylic acids is 2. The Morgan fingerprint density at radius 1 is 0.711 bits per heavy atom. The number of ketones is 2. The SMILES string of the molecule is CC(C)=CCC/C(C)=C/CC1=[C-]C(C/C=C(\C)CCC=C(C)C)(C/C=C(\C)CCC=C(C)C)C(=O)C(C(=O)CC(C)C)=C1O.[Mo]. The largest absolute Gasteiger partial charge is 0.591 e. The van der Waals surface area contributed by atoms with Crippen molar-refractivity contribution in [3.63, 3.8) is 0 Å². The fraction of sp³-hybridized carbons (Fsp3) is 0.561. The second-order valence-corrected chi connectivity index (χ2v) is 14.0. The summed E-state index contributed by atoms with van der Waals surface area (Å²) in [6, 6.07) is 0. The van der Waals surface area contributed by atoms with Crippen molar-refractivity contribution in [2.24, 2.45) is 11.3 Å². The molecule has 0 heterocycles. The van der Waals surface area contributed by atoms with Gasteiger partial charge in [0.1, 0.15) is 5.78 Å². The number of aliphatic hydroxyl groups is 1. The van der Waals surface area contributed by atoms with E-state index in [0.29, 0.717) is 24.8 Å². The Morgan fingerprint density at radius 2 is 1.11 bits per heavy atom. The first-order valence-corrected chi connectivity index (χ1v) is 16.6. The van der Waals surface area contributed by atoms with Crippen molar-refractivity contribution in [1.29, 1.82) is 0 Å². The van der Waals surface area contributed by atoms with Crippen LogP contribution in [0.3, 0.4) is 0 Å². The summed E-state index contributed by atoms with van der Waals surface area (Å²) in [5.41, 5.74) is 7.02. The van der Waals surface area contributed by atoms with Crippen molar-refractivity contribution in [1.82, 2.24) is 0 Å². The monoisotopic (exact) mass is 699 g/mol. The van der Waals surface area contributed by atoms with Gasteiger partial charge in [0.2, 0.25) is 0 Å².